The molecule has 0 radical (unpaired) electrons. The molecule has 0 saturated heterocycles. The molecule has 4 rings (SSSR count). The largest absolute Gasteiger partial charge is 0.245 e. The highest BCUT2D eigenvalue weighted by Gasteiger charge is 2.13. The summed E-state index contributed by atoms with van der Waals surface area (Å²) >= 11 is 0. The maximum atomic E-state index is 13.5. The minimum atomic E-state index is -0.300. The van der Waals surface area contributed by atoms with Gasteiger partial charge in [0.2, 0.25) is 0 Å². The number of nitrogens with zero attached hydrogens (tertiary/aromatic N) is 2. The van der Waals surface area contributed by atoms with E-state index in [0.29, 0.717) is 12.1 Å². The quantitative estimate of drug-likeness (QED) is 0.424. The number of hydrogen-bond acceptors (Lipinski definition) is 2. The van der Waals surface area contributed by atoms with Crippen LogP contribution in [0.4, 0.5) is 8.78 Å². The molecule has 0 bridgehead atoms. The van der Waals surface area contributed by atoms with Crippen LogP contribution >= 0.6 is 0 Å². The van der Waals surface area contributed by atoms with Crippen LogP contribution in [0.2, 0.25) is 0 Å². The van der Waals surface area contributed by atoms with E-state index >= 15 is 0 Å². The Morgan fingerprint density at radius 1 is 0.759 bits per heavy atom. The first-order valence-corrected chi connectivity index (χ1v) is 9.13. The summed E-state index contributed by atoms with van der Waals surface area (Å²) in [5.41, 5.74) is 6.02. The van der Waals surface area contributed by atoms with E-state index in [1.165, 1.54) is 24.3 Å². The predicted molar refractivity (Wildman–Crippen MR) is 109 cm³/mol. The lowest BCUT2D eigenvalue weighted by Gasteiger charge is -2.16. The molecule has 0 unspecified atom stereocenters. The SMILES string of the molecule is N#Cc1ccc(Cc2cccc(-c3ccc(F)cc3)c2-c2ccc(F)cc2)cn1. The monoisotopic (exact) mass is 382 g/mol. The van der Waals surface area contributed by atoms with Crippen LogP contribution < -0.4 is 0 Å². The van der Waals surface area contributed by atoms with Crippen molar-refractivity contribution in [1.82, 2.24) is 4.98 Å². The second-order valence-electron chi connectivity index (χ2n) is 6.69. The van der Waals surface area contributed by atoms with Gasteiger partial charge in [0.15, 0.2) is 0 Å². The molecule has 140 valence electrons. The predicted octanol–water partition coefficient (Wildman–Crippen LogP) is 6.16. The molecule has 0 spiro atoms. The van der Waals surface area contributed by atoms with Gasteiger partial charge >= 0.3 is 0 Å². The van der Waals surface area contributed by atoms with Crippen LogP contribution in [-0.4, -0.2) is 4.98 Å². The van der Waals surface area contributed by atoms with E-state index in [4.69, 9.17) is 5.26 Å². The Bertz CT molecular complexity index is 1170. The summed E-state index contributed by atoms with van der Waals surface area (Å²) in [6.07, 6.45) is 2.29. The Morgan fingerprint density at radius 2 is 1.41 bits per heavy atom. The number of aromatic nitrogens is 1. The molecule has 0 fully saturated rings. The van der Waals surface area contributed by atoms with Gasteiger partial charge in [-0.2, -0.15) is 5.26 Å². The van der Waals surface area contributed by atoms with Crippen LogP contribution in [0.5, 0.6) is 0 Å². The summed E-state index contributed by atoms with van der Waals surface area (Å²) in [6, 6.07) is 24.3. The molecule has 0 aliphatic heterocycles. The topological polar surface area (TPSA) is 36.7 Å². The van der Waals surface area contributed by atoms with Gasteiger partial charge in [0.05, 0.1) is 0 Å². The molecule has 29 heavy (non-hydrogen) atoms. The van der Waals surface area contributed by atoms with Gasteiger partial charge in [-0.3, -0.25) is 0 Å². The van der Waals surface area contributed by atoms with E-state index in [1.54, 1.807) is 36.5 Å². The smallest absolute Gasteiger partial charge is 0.140 e. The van der Waals surface area contributed by atoms with Crippen molar-refractivity contribution in [2.45, 2.75) is 6.42 Å². The number of rotatable bonds is 4. The number of hydrogen-bond donors (Lipinski definition) is 0. The highest BCUT2D eigenvalue weighted by Crippen LogP contribution is 2.36. The lowest BCUT2D eigenvalue weighted by molar-refractivity contribution is 0.627. The normalized spacial score (nSPS) is 10.5. The first-order chi connectivity index (χ1) is 14.1. The van der Waals surface area contributed by atoms with Crippen molar-refractivity contribution in [2.24, 2.45) is 0 Å². The van der Waals surface area contributed by atoms with Crippen LogP contribution in [0.15, 0.2) is 85.1 Å². The fourth-order valence-corrected chi connectivity index (χ4v) is 3.39. The van der Waals surface area contributed by atoms with Gasteiger partial charge in [-0.15, -0.1) is 0 Å². The molecule has 1 heterocycles. The Labute approximate surface area is 167 Å². The van der Waals surface area contributed by atoms with Gasteiger partial charge in [-0.05, 0) is 70.1 Å². The fourth-order valence-electron chi connectivity index (χ4n) is 3.39. The zero-order chi connectivity index (χ0) is 20.2. The Balaban J connectivity index is 1.85. The van der Waals surface area contributed by atoms with Crippen molar-refractivity contribution in [2.75, 3.05) is 0 Å². The molecule has 4 heteroatoms. The highest BCUT2D eigenvalue weighted by molar-refractivity contribution is 5.86. The van der Waals surface area contributed by atoms with E-state index in [-0.39, 0.29) is 11.6 Å². The number of nitriles is 1. The average molecular weight is 382 g/mol. The Hall–Kier alpha value is -3.84. The second-order valence-corrected chi connectivity index (χ2v) is 6.69. The van der Waals surface area contributed by atoms with Crippen LogP contribution in [-0.2, 0) is 6.42 Å². The van der Waals surface area contributed by atoms with Crippen molar-refractivity contribution in [3.63, 3.8) is 0 Å². The number of halogens is 2. The maximum absolute atomic E-state index is 13.5. The molecule has 1 aromatic heterocycles. The first kappa shape index (κ1) is 18.5. The molecule has 0 atom stereocenters. The maximum Gasteiger partial charge on any atom is 0.140 e. The van der Waals surface area contributed by atoms with E-state index in [9.17, 15) is 8.78 Å². The van der Waals surface area contributed by atoms with Gasteiger partial charge in [-0.25, -0.2) is 13.8 Å². The third-order valence-corrected chi connectivity index (χ3v) is 4.77. The van der Waals surface area contributed by atoms with Crippen LogP contribution in [0.25, 0.3) is 22.3 Å². The summed E-state index contributed by atoms with van der Waals surface area (Å²) < 4.78 is 26.9. The molecule has 0 amide bonds. The lowest BCUT2D eigenvalue weighted by Crippen LogP contribution is -1.97. The minimum Gasteiger partial charge on any atom is -0.245 e. The second kappa shape index (κ2) is 8.04. The van der Waals surface area contributed by atoms with Crippen LogP contribution in [0.3, 0.4) is 0 Å². The standard InChI is InChI=1S/C25H16F2N2/c26-21-9-5-18(6-10-21)24-3-1-2-20(14-17-4-13-23(15-28)29-16-17)25(24)19-7-11-22(27)12-8-19/h1-13,16H,14H2. The third-order valence-electron chi connectivity index (χ3n) is 4.77. The zero-order valence-electron chi connectivity index (χ0n) is 15.4. The molecule has 0 saturated carbocycles. The lowest BCUT2D eigenvalue weighted by atomic mass is 9.88. The molecule has 0 aliphatic carbocycles. The Morgan fingerprint density at radius 3 is 2.00 bits per heavy atom. The summed E-state index contributed by atoms with van der Waals surface area (Å²) in [4.78, 5) is 4.15. The molecule has 2 nitrogen and oxygen atoms in total. The molecule has 0 aliphatic rings. The van der Waals surface area contributed by atoms with Gasteiger partial charge in [0, 0.05) is 6.20 Å². The van der Waals surface area contributed by atoms with Crippen LogP contribution in [0.1, 0.15) is 16.8 Å². The van der Waals surface area contributed by atoms with Gasteiger partial charge in [0.1, 0.15) is 23.4 Å². The van der Waals surface area contributed by atoms with E-state index in [2.05, 4.69) is 4.98 Å². The number of pyridine rings is 1. The molecule has 0 N–H and O–H groups in total. The summed E-state index contributed by atoms with van der Waals surface area (Å²) in [7, 11) is 0. The van der Waals surface area contributed by atoms with Gasteiger partial charge < -0.3 is 0 Å². The fraction of sp³-hybridized carbons (Fsp3) is 0.0400. The van der Waals surface area contributed by atoms with Crippen molar-refractivity contribution >= 4 is 0 Å². The summed E-state index contributed by atoms with van der Waals surface area (Å²) in [5.74, 6) is -0.595. The van der Waals surface area contributed by atoms with Crippen LogP contribution in [0, 0.1) is 23.0 Å². The minimum absolute atomic E-state index is 0.295. The highest BCUT2D eigenvalue weighted by atomic mass is 19.1. The van der Waals surface area contributed by atoms with E-state index < -0.39 is 0 Å². The third kappa shape index (κ3) is 4.04. The van der Waals surface area contributed by atoms with Crippen molar-refractivity contribution in [1.29, 1.82) is 5.26 Å². The summed E-state index contributed by atoms with van der Waals surface area (Å²) in [5, 5.41) is 8.95. The summed E-state index contributed by atoms with van der Waals surface area (Å²) in [6.45, 7) is 0. The zero-order valence-corrected chi connectivity index (χ0v) is 15.4. The first-order valence-electron chi connectivity index (χ1n) is 9.13. The molecule has 4 aromatic rings. The number of benzene rings is 3. The van der Waals surface area contributed by atoms with E-state index in [0.717, 1.165) is 33.4 Å². The van der Waals surface area contributed by atoms with Gasteiger partial charge in [0.25, 0.3) is 0 Å². The molecule has 3 aromatic carbocycles. The Kier molecular flexibility index (Phi) is 5.13. The average Bonchev–Trinajstić information content (AvgIpc) is 2.75. The van der Waals surface area contributed by atoms with E-state index in [1.807, 2.05) is 30.3 Å². The van der Waals surface area contributed by atoms with Crippen molar-refractivity contribution < 1.29 is 8.78 Å². The van der Waals surface area contributed by atoms with Gasteiger partial charge in [-0.1, -0.05) is 48.5 Å². The molecular formula is C25H16F2N2. The van der Waals surface area contributed by atoms with Crippen molar-refractivity contribution in [3.05, 3.63) is 114 Å². The van der Waals surface area contributed by atoms with Crippen molar-refractivity contribution in [3.8, 4) is 28.3 Å². The molecular weight excluding hydrogens is 366 g/mol.